The summed E-state index contributed by atoms with van der Waals surface area (Å²) in [5.74, 6) is 0.805. The molecule has 0 amide bonds. The summed E-state index contributed by atoms with van der Waals surface area (Å²) in [6.07, 6.45) is 3.36. The van der Waals surface area contributed by atoms with Crippen molar-refractivity contribution in [1.82, 2.24) is 9.36 Å². The SMILES string of the molecule is Cc1nsc(NCc2ccoc2)n1. The lowest BCUT2D eigenvalue weighted by Crippen LogP contribution is -1.97. The van der Waals surface area contributed by atoms with Gasteiger partial charge in [0.15, 0.2) is 0 Å². The summed E-state index contributed by atoms with van der Waals surface area (Å²) in [5, 5.41) is 4.00. The second-order valence-electron chi connectivity index (χ2n) is 2.63. The fourth-order valence-electron chi connectivity index (χ4n) is 0.940. The van der Waals surface area contributed by atoms with Crippen LogP contribution in [0.4, 0.5) is 5.13 Å². The van der Waals surface area contributed by atoms with Gasteiger partial charge in [-0.15, -0.1) is 0 Å². The lowest BCUT2D eigenvalue weighted by Gasteiger charge is -1.96. The Morgan fingerprint density at radius 1 is 1.62 bits per heavy atom. The quantitative estimate of drug-likeness (QED) is 0.814. The van der Waals surface area contributed by atoms with Crippen molar-refractivity contribution in [3.63, 3.8) is 0 Å². The van der Waals surface area contributed by atoms with E-state index < -0.39 is 0 Å². The van der Waals surface area contributed by atoms with Gasteiger partial charge in [0.05, 0.1) is 12.5 Å². The van der Waals surface area contributed by atoms with Crippen LogP contribution in [0.3, 0.4) is 0 Å². The normalized spacial score (nSPS) is 10.2. The molecule has 68 valence electrons. The summed E-state index contributed by atoms with van der Waals surface area (Å²) in [5.41, 5.74) is 1.10. The van der Waals surface area contributed by atoms with Crippen LogP contribution >= 0.6 is 11.5 Å². The number of nitrogens with one attached hydrogen (secondary N) is 1. The first-order chi connectivity index (χ1) is 6.34. The Hall–Kier alpha value is -1.36. The third-order valence-electron chi connectivity index (χ3n) is 1.55. The van der Waals surface area contributed by atoms with E-state index in [0.29, 0.717) is 0 Å². The number of hydrogen-bond acceptors (Lipinski definition) is 5. The smallest absolute Gasteiger partial charge is 0.202 e. The number of nitrogens with zero attached hydrogens (tertiary/aromatic N) is 2. The molecule has 0 aliphatic heterocycles. The van der Waals surface area contributed by atoms with Crippen LogP contribution in [0.15, 0.2) is 23.0 Å². The highest BCUT2D eigenvalue weighted by Crippen LogP contribution is 2.11. The Balaban J connectivity index is 1.93. The van der Waals surface area contributed by atoms with E-state index in [1.165, 1.54) is 11.5 Å². The molecule has 0 radical (unpaired) electrons. The van der Waals surface area contributed by atoms with Crippen LogP contribution in [0, 0.1) is 6.92 Å². The van der Waals surface area contributed by atoms with Crippen LogP contribution in [-0.2, 0) is 6.54 Å². The third kappa shape index (κ3) is 2.06. The van der Waals surface area contributed by atoms with Crippen molar-refractivity contribution in [1.29, 1.82) is 0 Å². The zero-order valence-electron chi connectivity index (χ0n) is 7.15. The van der Waals surface area contributed by atoms with E-state index in [9.17, 15) is 0 Å². The van der Waals surface area contributed by atoms with Crippen molar-refractivity contribution in [3.8, 4) is 0 Å². The molecule has 0 unspecified atom stereocenters. The van der Waals surface area contributed by atoms with E-state index in [1.807, 2.05) is 13.0 Å². The molecule has 0 spiro atoms. The summed E-state index contributed by atoms with van der Waals surface area (Å²) < 4.78 is 9.00. The molecule has 5 heteroatoms. The molecule has 0 atom stereocenters. The standard InChI is InChI=1S/C8H9N3OS/c1-6-10-8(13-11-6)9-4-7-2-3-12-5-7/h2-3,5H,4H2,1H3,(H,9,10,11). The molecule has 0 aromatic carbocycles. The molecule has 4 nitrogen and oxygen atoms in total. The van der Waals surface area contributed by atoms with Gasteiger partial charge in [-0.25, -0.2) is 4.98 Å². The van der Waals surface area contributed by atoms with Crippen LogP contribution in [0.25, 0.3) is 0 Å². The van der Waals surface area contributed by atoms with Crippen LogP contribution in [0.2, 0.25) is 0 Å². The second-order valence-corrected chi connectivity index (χ2v) is 3.38. The Morgan fingerprint density at radius 2 is 2.54 bits per heavy atom. The monoisotopic (exact) mass is 195 g/mol. The highest BCUT2D eigenvalue weighted by atomic mass is 32.1. The Kier molecular flexibility index (Phi) is 2.27. The summed E-state index contributed by atoms with van der Waals surface area (Å²) in [4.78, 5) is 4.18. The summed E-state index contributed by atoms with van der Waals surface area (Å²) in [7, 11) is 0. The minimum Gasteiger partial charge on any atom is -0.472 e. The van der Waals surface area contributed by atoms with Gasteiger partial charge >= 0.3 is 0 Å². The zero-order chi connectivity index (χ0) is 9.10. The van der Waals surface area contributed by atoms with Crippen LogP contribution < -0.4 is 5.32 Å². The van der Waals surface area contributed by atoms with Gasteiger partial charge in [0.25, 0.3) is 0 Å². The molecule has 2 rings (SSSR count). The van der Waals surface area contributed by atoms with Gasteiger partial charge in [0, 0.05) is 23.6 Å². The molecule has 0 saturated heterocycles. The predicted molar refractivity (Wildman–Crippen MR) is 50.7 cm³/mol. The number of hydrogen-bond donors (Lipinski definition) is 1. The van der Waals surface area contributed by atoms with E-state index in [0.717, 1.165) is 23.1 Å². The molecule has 0 saturated carbocycles. The van der Waals surface area contributed by atoms with Gasteiger partial charge in [-0.05, 0) is 13.0 Å². The number of rotatable bonds is 3. The molecular formula is C8H9N3OS. The minimum atomic E-state index is 0.727. The average Bonchev–Trinajstić information content (AvgIpc) is 2.71. The Bertz CT molecular complexity index is 368. The maximum Gasteiger partial charge on any atom is 0.202 e. The topological polar surface area (TPSA) is 51.0 Å². The molecule has 0 fully saturated rings. The Morgan fingerprint density at radius 3 is 3.15 bits per heavy atom. The minimum absolute atomic E-state index is 0.727. The van der Waals surface area contributed by atoms with Gasteiger partial charge in [0.2, 0.25) is 5.13 Å². The van der Waals surface area contributed by atoms with Crippen LogP contribution in [0.1, 0.15) is 11.4 Å². The molecule has 2 aromatic heterocycles. The fourth-order valence-corrected chi connectivity index (χ4v) is 1.51. The first kappa shape index (κ1) is 8.25. The van der Waals surface area contributed by atoms with Crippen molar-refractivity contribution in [2.75, 3.05) is 5.32 Å². The molecule has 2 aromatic rings. The molecule has 1 N–H and O–H groups in total. The van der Waals surface area contributed by atoms with Crippen molar-refractivity contribution in [2.24, 2.45) is 0 Å². The van der Waals surface area contributed by atoms with Gasteiger partial charge in [-0.1, -0.05) is 0 Å². The van der Waals surface area contributed by atoms with Gasteiger partial charge in [-0.2, -0.15) is 4.37 Å². The van der Waals surface area contributed by atoms with Gasteiger partial charge < -0.3 is 9.73 Å². The number of furan rings is 1. The first-order valence-corrected chi connectivity index (χ1v) is 4.67. The third-order valence-corrected chi connectivity index (χ3v) is 2.32. The summed E-state index contributed by atoms with van der Waals surface area (Å²) >= 11 is 1.37. The van der Waals surface area contributed by atoms with E-state index >= 15 is 0 Å². The average molecular weight is 195 g/mol. The Labute approximate surface area is 79.8 Å². The molecule has 0 aliphatic rings. The molecular weight excluding hydrogens is 186 g/mol. The summed E-state index contributed by atoms with van der Waals surface area (Å²) in [6, 6.07) is 1.92. The maximum absolute atomic E-state index is 4.94. The number of aromatic nitrogens is 2. The second kappa shape index (κ2) is 3.57. The zero-order valence-corrected chi connectivity index (χ0v) is 7.97. The highest BCUT2D eigenvalue weighted by molar-refractivity contribution is 7.09. The van der Waals surface area contributed by atoms with E-state index in [2.05, 4.69) is 14.7 Å². The fraction of sp³-hybridized carbons (Fsp3) is 0.250. The lowest BCUT2D eigenvalue weighted by atomic mass is 10.3. The van der Waals surface area contributed by atoms with Crippen molar-refractivity contribution in [2.45, 2.75) is 13.5 Å². The largest absolute Gasteiger partial charge is 0.472 e. The number of anilines is 1. The highest BCUT2D eigenvalue weighted by Gasteiger charge is 1.99. The van der Waals surface area contributed by atoms with Crippen molar-refractivity contribution < 1.29 is 4.42 Å². The lowest BCUT2D eigenvalue weighted by molar-refractivity contribution is 0.564. The van der Waals surface area contributed by atoms with Crippen molar-refractivity contribution in [3.05, 3.63) is 30.0 Å². The molecule has 0 aliphatic carbocycles. The maximum atomic E-state index is 4.94. The molecule has 13 heavy (non-hydrogen) atoms. The van der Waals surface area contributed by atoms with Crippen molar-refractivity contribution >= 4 is 16.7 Å². The van der Waals surface area contributed by atoms with E-state index in [-0.39, 0.29) is 0 Å². The van der Waals surface area contributed by atoms with Gasteiger partial charge in [-0.3, -0.25) is 0 Å². The number of aryl methyl sites for hydroxylation is 1. The van der Waals surface area contributed by atoms with Gasteiger partial charge in [0.1, 0.15) is 5.82 Å². The van der Waals surface area contributed by atoms with Crippen LogP contribution in [0.5, 0.6) is 0 Å². The molecule has 2 heterocycles. The van der Waals surface area contributed by atoms with E-state index in [1.54, 1.807) is 12.5 Å². The first-order valence-electron chi connectivity index (χ1n) is 3.90. The van der Waals surface area contributed by atoms with Crippen LogP contribution in [-0.4, -0.2) is 9.36 Å². The molecule has 0 bridgehead atoms. The van der Waals surface area contributed by atoms with E-state index in [4.69, 9.17) is 4.42 Å². The predicted octanol–water partition coefficient (Wildman–Crippen LogP) is 2.05. The summed E-state index contributed by atoms with van der Waals surface area (Å²) in [6.45, 7) is 2.60.